The summed E-state index contributed by atoms with van der Waals surface area (Å²) < 4.78 is 30.3. The van der Waals surface area contributed by atoms with Crippen molar-refractivity contribution in [1.29, 1.82) is 0 Å². The first-order valence-corrected chi connectivity index (χ1v) is 6.82. The van der Waals surface area contributed by atoms with Crippen LogP contribution in [0.2, 0.25) is 0 Å². The van der Waals surface area contributed by atoms with Gasteiger partial charge in [-0.2, -0.15) is 0 Å². The third-order valence-corrected chi connectivity index (χ3v) is 4.46. The molecule has 0 aliphatic heterocycles. The molecule has 2 rings (SSSR count). The Morgan fingerprint density at radius 3 is 2.59 bits per heavy atom. The minimum atomic E-state index is -2.25. The van der Waals surface area contributed by atoms with Crippen LogP contribution in [0.1, 0.15) is 45.4 Å². The lowest BCUT2D eigenvalue weighted by molar-refractivity contribution is -0.151. The standard InChI is InChI=1S/C13H23F2NO/c1-2-17-11-8-10(16-9-12(14)15)13(11)6-4-3-5-7-13/h10-12,16H,2-9H2,1H3. The Labute approximate surface area is 102 Å². The highest BCUT2D eigenvalue weighted by Gasteiger charge is 2.55. The van der Waals surface area contributed by atoms with Crippen molar-refractivity contribution in [2.24, 2.45) is 5.41 Å². The molecule has 0 aromatic rings. The van der Waals surface area contributed by atoms with Crippen LogP contribution < -0.4 is 5.32 Å². The molecule has 0 amide bonds. The first-order valence-electron chi connectivity index (χ1n) is 6.82. The van der Waals surface area contributed by atoms with Crippen LogP contribution in [0.15, 0.2) is 0 Å². The van der Waals surface area contributed by atoms with E-state index in [2.05, 4.69) is 5.32 Å². The number of alkyl halides is 2. The number of rotatable bonds is 5. The van der Waals surface area contributed by atoms with Crippen LogP contribution in [0, 0.1) is 5.41 Å². The maximum atomic E-state index is 12.3. The van der Waals surface area contributed by atoms with E-state index in [0.717, 1.165) is 25.9 Å². The molecule has 2 unspecified atom stereocenters. The van der Waals surface area contributed by atoms with Crippen molar-refractivity contribution in [1.82, 2.24) is 5.32 Å². The van der Waals surface area contributed by atoms with Crippen molar-refractivity contribution in [3.05, 3.63) is 0 Å². The Balaban J connectivity index is 1.93. The van der Waals surface area contributed by atoms with E-state index in [1.807, 2.05) is 6.92 Å². The molecule has 2 aliphatic carbocycles. The van der Waals surface area contributed by atoms with Gasteiger partial charge in [-0.3, -0.25) is 0 Å². The van der Waals surface area contributed by atoms with Gasteiger partial charge in [0, 0.05) is 18.1 Å². The second-order valence-electron chi connectivity index (χ2n) is 5.33. The largest absolute Gasteiger partial charge is 0.378 e. The molecule has 2 saturated carbocycles. The molecule has 1 spiro atoms. The van der Waals surface area contributed by atoms with Crippen molar-refractivity contribution in [2.75, 3.05) is 13.2 Å². The van der Waals surface area contributed by atoms with Gasteiger partial charge in [-0.05, 0) is 26.2 Å². The monoisotopic (exact) mass is 247 g/mol. The van der Waals surface area contributed by atoms with Crippen LogP contribution in [-0.2, 0) is 4.74 Å². The van der Waals surface area contributed by atoms with Gasteiger partial charge in [-0.1, -0.05) is 19.3 Å². The fourth-order valence-corrected chi connectivity index (χ4v) is 3.58. The van der Waals surface area contributed by atoms with E-state index in [1.165, 1.54) is 19.3 Å². The summed E-state index contributed by atoms with van der Waals surface area (Å²) >= 11 is 0. The number of hydrogen-bond acceptors (Lipinski definition) is 2. The first kappa shape index (κ1) is 13.2. The van der Waals surface area contributed by atoms with Crippen LogP contribution in [0.4, 0.5) is 8.78 Å². The zero-order valence-electron chi connectivity index (χ0n) is 10.6. The Morgan fingerprint density at radius 1 is 1.29 bits per heavy atom. The molecule has 0 radical (unpaired) electrons. The molecule has 2 nitrogen and oxygen atoms in total. The molecule has 2 atom stereocenters. The molecule has 17 heavy (non-hydrogen) atoms. The average molecular weight is 247 g/mol. The Kier molecular flexibility index (Phi) is 4.36. The van der Waals surface area contributed by atoms with E-state index in [0.29, 0.717) is 6.10 Å². The topological polar surface area (TPSA) is 21.3 Å². The molecular formula is C13H23F2NO. The number of halogens is 2. The lowest BCUT2D eigenvalue weighted by Crippen LogP contribution is -2.65. The molecule has 0 heterocycles. The second-order valence-corrected chi connectivity index (χ2v) is 5.33. The highest BCUT2D eigenvalue weighted by molar-refractivity contribution is 5.08. The van der Waals surface area contributed by atoms with E-state index in [4.69, 9.17) is 4.74 Å². The van der Waals surface area contributed by atoms with Crippen molar-refractivity contribution in [3.8, 4) is 0 Å². The predicted octanol–water partition coefficient (Wildman–Crippen LogP) is 2.97. The molecule has 100 valence electrons. The Morgan fingerprint density at radius 2 is 2.00 bits per heavy atom. The quantitative estimate of drug-likeness (QED) is 0.806. The van der Waals surface area contributed by atoms with Gasteiger partial charge in [0.1, 0.15) is 0 Å². The van der Waals surface area contributed by atoms with Crippen molar-refractivity contribution in [3.63, 3.8) is 0 Å². The Hall–Kier alpha value is -0.220. The molecule has 1 N–H and O–H groups in total. The lowest BCUT2D eigenvalue weighted by atomic mass is 9.55. The number of hydrogen-bond donors (Lipinski definition) is 1. The van der Waals surface area contributed by atoms with Crippen LogP contribution in [-0.4, -0.2) is 31.7 Å². The van der Waals surface area contributed by atoms with Gasteiger partial charge >= 0.3 is 0 Å². The normalized spacial score (nSPS) is 31.8. The highest BCUT2D eigenvalue weighted by atomic mass is 19.3. The van der Waals surface area contributed by atoms with Gasteiger partial charge in [0.2, 0.25) is 0 Å². The summed E-state index contributed by atoms with van der Waals surface area (Å²) in [6.07, 6.45) is 4.94. The third kappa shape index (κ3) is 2.63. The van der Waals surface area contributed by atoms with Gasteiger partial charge in [-0.25, -0.2) is 8.78 Å². The second kappa shape index (κ2) is 5.61. The van der Waals surface area contributed by atoms with E-state index in [1.54, 1.807) is 0 Å². The molecule has 2 fully saturated rings. The van der Waals surface area contributed by atoms with Gasteiger partial charge in [0.05, 0.1) is 12.6 Å². The molecule has 0 saturated heterocycles. The van der Waals surface area contributed by atoms with Crippen molar-refractivity contribution in [2.45, 2.75) is 64.0 Å². The summed E-state index contributed by atoms with van der Waals surface area (Å²) in [5.41, 5.74) is 0.156. The zero-order chi connectivity index (χ0) is 12.3. The minimum Gasteiger partial charge on any atom is -0.378 e. The van der Waals surface area contributed by atoms with Gasteiger partial charge in [0.15, 0.2) is 0 Å². The SMILES string of the molecule is CCOC1CC(NCC(F)F)C12CCCCC2. The van der Waals surface area contributed by atoms with Crippen molar-refractivity contribution < 1.29 is 13.5 Å². The predicted molar refractivity (Wildman–Crippen MR) is 63.3 cm³/mol. The summed E-state index contributed by atoms with van der Waals surface area (Å²) in [5.74, 6) is 0. The van der Waals surface area contributed by atoms with Crippen LogP contribution in [0.5, 0.6) is 0 Å². The van der Waals surface area contributed by atoms with E-state index >= 15 is 0 Å². The molecule has 0 aromatic heterocycles. The summed E-state index contributed by atoms with van der Waals surface area (Å²) in [4.78, 5) is 0. The third-order valence-electron chi connectivity index (χ3n) is 4.46. The van der Waals surface area contributed by atoms with Crippen molar-refractivity contribution >= 4 is 0 Å². The smallest absolute Gasteiger partial charge is 0.250 e. The van der Waals surface area contributed by atoms with E-state index in [-0.39, 0.29) is 18.0 Å². The summed E-state index contributed by atoms with van der Waals surface area (Å²) in [7, 11) is 0. The van der Waals surface area contributed by atoms with Gasteiger partial charge in [0.25, 0.3) is 6.43 Å². The highest BCUT2D eigenvalue weighted by Crippen LogP contribution is 2.53. The molecule has 0 bridgehead atoms. The van der Waals surface area contributed by atoms with Crippen LogP contribution in [0.25, 0.3) is 0 Å². The fourth-order valence-electron chi connectivity index (χ4n) is 3.58. The fraction of sp³-hybridized carbons (Fsp3) is 1.00. The maximum absolute atomic E-state index is 12.3. The summed E-state index contributed by atoms with van der Waals surface area (Å²) in [6.45, 7) is 2.57. The molecule has 4 heteroatoms. The molecule has 0 aromatic carbocycles. The molecule has 2 aliphatic rings. The van der Waals surface area contributed by atoms with E-state index < -0.39 is 6.43 Å². The average Bonchev–Trinajstić information content (AvgIpc) is 2.33. The lowest BCUT2D eigenvalue weighted by Gasteiger charge is -2.58. The first-order chi connectivity index (χ1) is 8.19. The summed E-state index contributed by atoms with van der Waals surface area (Å²) in [6, 6.07) is 0.244. The van der Waals surface area contributed by atoms with E-state index in [9.17, 15) is 8.78 Å². The number of ether oxygens (including phenoxy) is 1. The van der Waals surface area contributed by atoms with Crippen LogP contribution >= 0.6 is 0 Å². The number of nitrogens with one attached hydrogen (secondary N) is 1. The zero-order valence-corrected chi connectivity index (χ0v) is 10.6. The van der Waals surface area contributed by atoms with Gasteiger partial charge < -0.3 is 10.1 Å². The Bertz CT molecular complexity index is 242. The molecular weight excluding hydrogens is 224 g/mol. The summed E-state index contributed by atoms with van der Waals surface area (Å²) in [5, 5.41) is 3.04. The minimum absolute atomic E-state index is 0.156. The maximum Gasteiger partial charge on any atom is 0.250 e. The van der Waals surface area contributed by atoms with Gasteiger partial charge in [-0.15, -0.1) is 0 Å². The van der Waals surface area contributed by atoms with Crippen LogP contribution in [0.3, 0.4) is 0 Å².